The topological polar surface area (TPSA) is 66.1 Å². The van der Waals surface area contributed by atoms with Gasteiger partial charge in [0.1, 0.15) is 5.69 Å². The van der Waals surface area contributed by atoms with Crippen LogP contribution in [0.2, 0.25) is 0 Å². The molecule has 1 saturated heterocycles. The van der Waals surface area contributed by atoms with Crippen molar-refractivity contribution in [1.29, 1.82) is 0 Å². The highest BCUT2D eigenvalue weighted by atomic mass is 32.1. The summed E-state index contributed by atoms with van der Waals surface area (Å²) in [5.74, 6) is -0.266. The van der Waals surface area contributed by atoms with E-state index in [2.05, 4.69) is 22.1 Å². The summed E-state index contributed by atoms with van der Waals surface area (Å²) in [5, 5.41) is 2.91. The normalized spacial score (nSPS) is 16.4. The Labute approximate surface area is 172 Å². The SMILES string of the molecule is O=C(c1nc(C(=O)N2CCC[C@H]2c2ccccc2)cs1)c1c[nH]c2ccccc12. The average molecular weight is 401 g/mol. The van der Waals surface area contributed by atoms with E-state index in [1.54, 1.807) is 11.6 Å². The molecule has 144 valence electrons. The molecule has 5 nitrogen and oxygen atoms in total. The Morgan fingerprint density at radius 3 is 2.72 bits per heavy atom. The number of H-pyrrole nitrogens is 1. The molecule has 5 rings (SSSR count). The number of ketones is 1. The minimum atomic E-state index is -0.160. The predicted molar refractivity (Wildman–Crippen MR) is 113 cm³/mol. The number of carbonyl (C=O) groups excluding carboxylic acids is 2. The second-order valence-corrected chi connectivity index (χ2v) is 8.04. The van der Waals surface area contributed by atoms with Gasteiger partial charge in [0.05, 0.1) is 11.6 Å². The van der Waals surface area contributed by atoms with E-state index in [9.17, 15) is 9.59 Å². The third kappa shape index (κ3) is 3.15. The lowest BCUT2D eigenvalue weighted by Crippen LogP contribution is -2.30. The molecule has 1 atom stereocenters. The fraction of sp³-hybridized carbons (Fsp3) is 0.174. The van der Waals surface area contributed by atoms with Gasteiger partial charge >= 0.3 is 0 Å². The fourth-order valence-electron chi connectivity index (χ4n) is 4.03. The Morgan fingerprint density at radius 1 is 1.07 bits per heavy atom. The number of likely N-dealkylation sites (tertiary alicyclic amines) is 1. The molecule has 0 radical (unpaired) electrons. The van der Waals surface area contributed by atoms with Gasteiger partial charge in [0.15, 0.2) is 5.01 Å². The number of thiazole rings is 1. The van der Waals surface area contributed by atoms with Crippen LogP contribution in [0.25, 0.3) is 10.9 Å². The smallest absolute Gasteiger partial charge is 0.273 e. The minimum absolute atomic E-state index is 0.0677. The highest BCUT2D eigenvalue weighted by Crippen LogP contribution is 2.33. The van der Waals surface area contributed by atoms with Crippen molar-refractivity contribution >= 4 is 33.9 Å². The van der Waals surface area contributed by atoms with Gasteiger partial charge in [-0.2, -0.15) is 0 Å². The molecule has 0 aliphatic carbocycles. The number of aromatic amines is 1. The van der Waals surface area contributed by atoms with E-state index in [4.69, 9.17) is 0 Å². The van der Waals surface area contributed by atoms with Crippen molar-refractivity contribution in [2.75, 3.05) is 6.54 Å². The maximum absolute atomic E-state index is 13.1. The maximum atomic E-state index is 13.1. The van der Waals surface area contributed by atoms with Gasteiger partial charge in [-0.1, -0.05) is 48.5 Å². The van der Waals surface area contributed by atoms with Crippen LogP contribution in [0.4, 0.5) is 0 Å². The van der Waals surface area contributed by atoms with Crippen LogP contribution < -0.4 is 0 Å². The molecule has 2 aromatic heterocycles. The first-order valence-electron chi connectivity index (χ1n) is 9.64. The van der Waals surface area contributed by atoms with Crippen molar-refractivity contribution in [3.63, 3.8) is 0 Å². The first-order chi connectivity index (χ1) is 14.2. The number of fused-ring (bicyclic) bond motifs is 1. The molecule has 0 spiro atoms. The Kier molecular flexibility index (Phi) is 4.48. The zero-order valence-electron chi connectivity index (χ0n) is 15.7. The molecule has 0 saturated carbocycles. The molecule has 0 unspecified atom stereocenters. The van der Waals surface area contributed by atoms with Gasteiger partial charge < -0.3 is 9.88 Å². The summed E-state index contributed by atoms with van der Waals surface area (Å²) in [7, 11) is 0. The molecule has 2 aromatic carbocycles. The molecule has 1 aliphatic heterocycles. The van der Waals surface area contributed by atoms with Crippen LogP contribution in [0.3, 0.4) is 0 Å². The minimum Gasteiger partial charge on any atom is -0.360 e. The number of amides is 1. The van der Waals surface area contributed by atoms with Crippen LogP contribution in [-0.2, 0) is 0 Å². The number of hydrogen-bond donors (Lipinski definition) is 1. The van der Waals surface area contributed by atoms with Crippen LogP contribution in [0.15, 0.2) is 66.2 Å². The second-order valence-electron chi connectivity index (χ2n) is 7.18. The maximum Gasteiger partial charge on any atom is 0.273 e. The van der Waals surface area contributed by atoms with Crippen molar-refractivity contribution in [2.45, 2.75) is 18.9 Å². The molecule has 1 fully saturated rings. The zero-order chi connectivity index (χ0) is 19.8. The molecule has 1 N–H and O–H groups in total. The molecule has 3 heterocycles. The van der Waals surface area contributed by atoms with Crippen LogP contribution >= 0.6 is 11.3 Å². The molecule has 0 bridgehead atoms. The number of carbonyl (C=O) groups is 2. The van der Waals surface area contributed by atoms with Crippen molar-refractivity contribution < 1.29 is 9.59 Å². The first kappa shape index (κ1) is 17.8. The third-order valence-corrected chi connectivity index (χ3v) is 6.29. The molecule has 1 amide bonds. The lowest BCUT2D eigenvalue weighted by atomic mass is 10.0. The zero-order valence-corrected chi connectivity index (χ0v) is 16.5. The van der Waals surface area contributed by atoms with Gasteiger partial charge in [-0.15, -0.1) is 11.3 Å². The lowest BCUT2D eigenvalue weighted by Gasteiger charge is -2.24. The fourth-order valence-corrected chi connectivity index (χ4v) is 4.77. The third-order valence-electron chi connectivity index (χ3n) is 5.45. The van der Waals surface area contributed by atoms with Crippen LogP contribution in [-0.4, -0.2) is 33.1 Å². The number of nitrogens with one attached hydrogen (secondary N) is 1. The molecule has 29 heavy (non-hydrogen) atoms. The van der Waals surface area contributed by atoms with E-state index in [0.717, 1.165) is 29.3 Å². The van der Waals surface area contributed by atoms with Crippen LogP contribution in [0.1, 0.15) is 50.3 Å². The largest absolute Gasteiger partial charge is 0.360 e. The predicted octanol–water partition coefficient (Wildman–Crippen LogP) is 4.83. The van der Waals surface area contributed by atoms with E-state index in [0.29, 0.717) is 22.8 Å². The van der Waals surface area contributed by atoms with Crippen molar-refractivity contribution in [1.82, 2.24) is 14.9 Å². The number of para-hydroxylation sites is 1. The van der Waals surface area contributed by atoms with E-state index in [-0.39, 0.29) is 17.7 Å². The van der Waals surface area contributed by atoms with Crippen LogP contribution in [0.5, 0.6) is 0 Å². The Bertz CT molecular complexity index is 1200. The second kappa shape index (κ2) is 7.29. The first-order valence-corrected chi connectivity index (χ1v) is 10.5. The Balaban J connectivity index is 1.41. The summed E-state index contributed by atoms with van der Waals surface area (Å²) in [6, 6.07) is 17.8. The molecular weight excluding hydrogens is 382 g/mol. The average Bonchev–Trinajstić information content (AvgIpc) is 3.52. The summed E-state index contributed by atoms with van der Waals surface area (Å²) in [5.41, 5.74) is 2.98. The van der Waals surface area contributed by atoms with E-state index in [1.165, 1.54) is 11.3 Å². The van der Waals surface area contributed by atoms with Gasteiger partial charge in [-0.05, 0) is 24.5 Å². The molecule has 1 aliphatic rings. The summed E-state index contributed by atoms with van der Waals surface area (Å²) in [6.45, 7) is 0.710. The Hall–Kier alpha value is -3.25. The molecule has 6 heteroatoms. The number of benzene rings is 2. The summed E-state index contributed by atoms with van der Waals surface area (Å²) >= 11 is 1.23. The van der Waals surface area contributed by atoms with Gasteiger partial charge in [-0.3, -0.25) is 9.59 Å². The summed E-state index contributed by atoms with van der Waals surface area (Å²) in [4.78, 5) is 35.5. The number of rotatable bonds is 4. The van der Waals surface area contributed by atoms with Crippen molar-refractivity contribution in [3.8, 4) is 0 Å². The number of hydrogen-bond acceptors (Lipinski definition) is 4. The molecular formula is C23H19N3O2S. The van der Waals surface area contributed by atoms with Gasteiger partial charge in [0.2, 0.25) is 5.78 Å². The van der Waals surface area contributed by atoms with Gasteiger partial charge in [0.25, 0.3) is 5.91 Å². The molecule has 4 aromatic rings. The lowest BCUT2D eigenvalue weighted by molar-refractivity contribution is 0.0730. The summed E-state index contributed by atoms with van der Waals surface area (Å²) in [6.07, 6.45) is 3.62. The van der Waals surface area contributed by atoms with E-state index >= 15 is 0 Å². The number of aromatic nitrogens is 2. The highest BCUT2D eigenvalue weighted by Gasteiger charge is 2.32. The van der Waals surface area contributed by atoms with Gasteiger partial charge in [0, 0.05) is 29.0 Å². The summed E-state index contributed by atoms with van der Waals surface area (Å²) < 4.78 is 0. The standard InChI is InChI=1S/C23H19N3O2S/c27-21(17-13-24-18-10-5-4-9-16(17)18)22-25-19(14-29-22)23(28)26-12-6-11-20(26)15-7-2-1-3-8-15/h1-5,7-10,13-14,20,24H,6,11-12H2/t20-/m0/s1. The van der Waals surface area contributed by atoms with E-state index in [1.807, 2.05) is 47.4 Å². The number of nitrogens with zero attached hydrogens (tertiary/aromatic N) is 2. The van der Waals surface area contributed by atoms with Crippen LogP contribution in [0, 0.1) is 0 Å². The van der Waals surface area contributed by atoms with Gasteiger partial charge in [-0.25, -0.2) is 4.98 Å². The highest BCUT2D eigenvalue weighted by molar-refractivity contribution is 7.12. The monoisotopic (exact) mass is 401 g/mol. The van der Waals surface area contributed by atoms with E-state index < -0.39 is 0 Å². The van der Waals surface area contributed by atoms with Crippen molar-refractivity contribution in [3.05, 3.63) is 88.0 Å². The quantitative estimate of drug-likeness (QED) is 0.498. The Morgan fingerprint density at radius 2 is 1.86 bits per heavy atom. The van der Waals surface area contributed by atoms with Crippen molar-refractivity contribution in [2.24, 2.45) is 0 Å².